The van der Waals surface area contributed by atoms with Gasteiger partial charge in [0.25, 0.3) is 0 Å². The Balaban J connectivity index is 3.17. The molecule has 0 aliphatic heterocycles. The number of phenolic OH excluding ortho intramolecular Hbond substituents is 1. The largest absolute Gasteiger partial charge is 0.508 e. The van der Waals surface area contributed by atoms with Crippen LogP contribution in [-0.2, 0) is 11.2 Å². The van der Waals surface area contributed by atoms with Crippen LogP contribution >= 0.6 is 11.6 Å². The van der Waals surface area contributed by atoms with Gasteiger partial charge in [-0.3, -0.25) is 4.79 Å². The van der Waals surface area contributed by atoms with E-state index in [1.54, 1.807) is 0 Å². The summed E-state index contributed by atoms with van der Waals surface area (Å²) in [6, 6.07) is 2.92. The molecule has 0 amide bonds. The van der Waals surface area contributed by atoms with E-state index in [2.05, 4.69) is 0 Å². The number of benzene rings is 1. The first-order chi connectivity index (χ1) is 6.02. The Hall–Kier alpha value is -1.22. The first kappa shape index (κ1) is 9.86. The molecule has 13 heavy (non-hydrogen) atoms. The molecule has 0 fully saturated rings. The van der Waals surface area contributed by atoms with Crippen LogP contribution in [0.4, 0.5) is 5.69 Å². The maximum absolute atomic E-state index is 10.8. The Morgan fingerprint density at radius 2 is 2.23 bits per heavy atom. The van der Waals surface area contributed by atoms with E-state index in [0.29, 0.717) is 10.6 Å². The van der Waals surface area contributed by atoms with Crippen molar-refractivity contribution in [1.82, 2.24) is 0 Å². The second kappa shape index (κ2) is 3.66. The predicted octanol–water partition coefficient (Wildman–Crippen LogP) is 1.76. The van der Waals surface area contributed by atoms with Gasteiger partial charge in [0, 0.05) is 12.0 Å². The molecule has 0 spiro atoms. The summed E-state index contributed by atoms with van der Waals surface area (Å²) >= 11 is 5.72. The molecule has 4 heteroatoms. The Kier molecular flexibility index (Phi) is 2.78. The number of anilines is 1. The minimum Gasteiger partial charge on any atom is -0.508 e. The molecule has 3 N–H and O–H groups in total. The Morgan fingerprint density at radius 1 is 1.62 bits per heavy atom. The molecule has 1 rings (SSSR count). The number of phenols is 1. The average Bonchev–Trinajstić information content (AvgIpc) is 2.05. The molecule has 1 aromatic carbocycles. The smallest absolute Gasteiger partial charge is 0.134 e. The zero-order valence-electron chi connectivity index (χ0n) is 7.17. The number of halogens is 1. The lowest BCUT2D eigenvalue weighted by Crippen LogP contribution is -2.01. The molecule has 1 aromatic rings. The number of carbonyl (C=O) groups is 1. The summed E-state index contributed by atoms with van der Waals surface area (Å²) in [6.07, 6.45) is 0.109. The van der Waals surface area contributed by atoms with Crippen molar-refractivity contribution in [2.24, 2.45) is 0 Å². The van der Waals surface area contributed by atoms with Crippen molar-refractivity contribution in [3.8, 4) is 5.75 Å². The first-order valence-electron chi connectivity index (χ1n) is 3.77. The van der Waals surface area contributed by atoms with Crippen LogP contribution in [0.15, 0.2) is 12.1 Å². The highest BCUT2D eigenvalue weighted by Gasteiger charge is 2.10. The van der Waals surface area contributed by atoms with Crippen LogP contribution in [0.2, 0.25) is 5.02 Å². The number of hydrogen-bond donors (Lipinski definition) is 2. The zero-order valence-corrected chi connectivity index (χ0v) is 7.93. The van der Waals surface area contributed by atoms with Gasteiger partial charge in [0.2, 0.25) is 0 Å². The van der Waals surface area contributed by atoms with E-state index in [4.69, 9.17) is 17.3 Å². The summed E-state index contributed by atoms with van der Waals surface area (Å²) in [5.41, 5.74) is 6.27. The molecule has 0 saturated heterocycles. The summed E-state index contributed by atoms with van der Waals surface area (Å²) in [6.45, 7) is 1.43. The van der Waals surface area contributed by atoms with Crippen molar-refractivity contribution in [2.45, 2.75) is 13.3 Å². The van der Waals surface area contributed by atoms with Gasteiger partial charge in [0.05, 0.1) is 10.7 Å². The lowest BCUT2D eigenvalue weighted by molar-refractivity contribution is -0.116. The minimum absolute atomic E-state index is 0.0112. The number of rotatable bonds is 2. The summed E-state index contributed by atoms with van der Waals surface area (Å²) in [4.78, 5) is 10.8. The van der Waals surface area contributed by atoms with Crippen molar-refractivity contribution < 1.29 is 9.90 Å². The fraction of sp³-hybridized carbons (Fsp3) is 0.222. The van der Waals surface area contributed by atoms with E-state index in [1.807, 2.05) is 0 Å². The molecule has 0 saturated carbocycles. The van der Waals surface area contributed by atoms with E-state index in [-0.39, 0.29) is 23.6 Å². The third-order valence-corrected chi connectivity index (χ3v) is 2.03. The second-order valence-corrected chi connectivity index (χ2v) is 3.24. The number of hydrogen-bond acceptors (Lipinski definition) is 3. The Morgan fingerprint density at radius 3 is 2.77 bits per heavy atom. The van der Waals surface area contributed by atoms with Crippen LogP contribution in [0.5, 0.6) is 5.75 Å². The molecule has 0 unspecified atom stereocenters. The van der Waals surface area contributed by atoms with Crippen molar-refractivity contribution in [1.29, 1.82) is 0 Å². The van der Waals surface area contributed by atoms with E-state index in [1.165, 1.54) is 19.1 Å². The lowest BCUT2D eigenvalue weighted by atomic mass is 10.1. The molecular weight excluding hydrogens is 190 g/mol. The summed E-state index contributed by atoms with van der Waals surface area (Å²) < 4.78 is 0. The molecule has 0 aliphatic carbocycles. The molecule has 3 nitrogen and oxygen atoms in total. The van der Waals surface area contributed by atoms with Crippen LogP contribution in [-0.4, -0.2) is 10.9 Å². The number of nitrogens with two attached hydrogens (primary N) is 1. The normalized spacial score (nSPS) is 10.0. The quantitative estimate of drug-likeness (QED) is 0.714. The number of nitrogen functional groups attached to an aromatic ring is 1. The summed E-state index contributed by atoms with van der Waals surface area (Å²) in [7, 11) is 0. The fourth-order valence-electron chi connectivity index (χ4n) is 1.06. The Labute approximate surface area is 81.1 Å². The highest BCUT2D eigenvalue weighted by Crippen LogP contribution is 2.30. The topological polar surface area (TPSA) is 63.3 Å². The van der Waals surface area contributed by atoms with Gasteiger partial charge in [-0.2, -0.15) is 0 Å². The van der Waals surface area contributed by atoms with Gasteiger partial charge in [-0.15, -0.1) is 0 Å². The molecular formula is C9H10ClNO2. The maximum atomic E-state index is 10.8. The van der Waals surface area contributed by atoms with Crippen LogP contribution in [0.25, 0.3) is 0 Å². The predicted molar refractivity (Wildman–Crippen MR) is 51.9 cm³/mol. The monoisotopic (exact) mass is 199 g/mol. The Bertz CT molecular complexity index is 350. The van der Waals surface area contributed by atoms with Gasteiger partial charge in [0.15, 0.2) is 0 Å². The van der Waals surface area contributed by atoms with Gasteiger partial charge in [-0.1, -0.05) is 11.6 Å². The second-order valence-electron chi connectivity index (χ2n) is 2.84. The van der Waals surface area contributed by atoms with Crippen LogP contribution < -0.4 is 5.73 Å². The van der Waals surface area contributed by atoms with Gasteiger partial charge in [-0.05, 0) is 19.1 Å². The van der Waals surface area contributed by atoms with Gasteiger partial charge in [-0.25, -0.2) is 0 Å². The SMILES string of the molecule is CC(=O)Cc1c(O)ccc(Cl)c1N. The highest BCUT2D eigenvalue weighted by molar-refractivity contribution is 6.33. The van der Waals surface area contributed by atoms with Crippen LogP contribution in [0.3, 0.4) is 0 Å². The lowest BCUT2D eigenvalue weighted by Gasteiger charge is -2.07. The standard InChI is InChI=1S/C9H10ClNO2/c1-5(12)4-6-8(13)3-2-7(10)9(6)11/h2-3,13H,4,11H2,1H3. The molecule has 0 aliphatic rings. The van der Waals surface area contributed by atoms with E-state index in [0.717, 1.165) is 0 Å². The van der Waals surface area contributed by atoms with E-state index in [9.17, 15) is 9.90 Å². The molecule has 0 bridgehead atoms. The fourth-order valence-corrected chi connectivity index (χ4v) is 1.24. The van der Waals surface area contributed by atoms with Crippen molar-refractivity contribution >= 4 is 23.1 Å². The molecule has 70 valence electrons. The number of carbonyl (C=O) groups excluding carboxylic acids is 1. The zero-order chi connectivity index (χ0) is 10.0. The van der Waals surface area contributed by atoms with Gasteiger partial charge >= 0.3 is 0 Å². The molecule has 0 atom stereocenters. The van der Waals surface area contributed by atoms with Crippen molar-refractivity contribution in [3.63, 3.8) is 0 Å². The minimum atomic E-state index is -0.0655. The average molecular weight is 200 g/mol. The van der Waals surface area contributed by atoms with Crippen LogP contribution in [0.1, 0.15) is 12.5 Å². The van der Waals surface area contributed by atoms with Crippen LogP contribution in [0, 0.1) is 0 Å². The number of aromatic hydroxyl groups is 1. The number of ketones is 1. The third kappa shape index (κ3) is 2.12. The molecule has 0 heterocycles. The van der Waals surface area contributed by atoms with Gasteiger partial charge in [0.1, 0.15) is 11.5 Å². The summed E-state index contributed by atoms with van der Waals surface area (Å²) in [5, 5.41) is 9.73. The van der Waals surface area contributed by atoms with E-state index < -0.39 is 0 Å². The number of Topliss-reactive ketones (excluding diaryl/α,β-unsaturated/α-hetero) is 1. The summed E-state index contributed by atoms with van der Waals surface area (Å²) in [5.74, 6) is -0.0543. The third-order valence-electron chi connectivity index (χ3n) is 1.70. The van der Waals surface area contributed by atoms with Crippen molar-refractivity contribution in [2.75, 3.05) is 5.73 Å². The molecule has 0 radical (unpaired) electrons. The highest BCUT2D eigenvalue weighted by atomic mass is 35.5. The van der Waals surface area contributed by atoms with E-state index >= 15 is 0 Å². The first-order valence-corrected chi connectivity index (χ1v) is 4.15. The maximum Gasteiger partial charge on any atom is 0.134 e. The van der Waals surface area contributed by atoms with Gasteiger partial charge < -0.3 is 10.8 Å². The molecule has 0 aromatic heterocycles. The van der Waals surface area contributed by atoms with Crippen molar-refractivity contribution in [3.05, 3.63) is 22.7 Å².